The molecule has 2 aromatic rings. The second kappa shape index (κ2) is 5.08. The summed E-state index contributed by atoms with van der Waals surface area (Å²) in [6, 6.07) is 6.39. The Balaban J connectivity index is 0.000000980. The average Bonchev–Trinajstić information content (AvgIpc) is 2.47. The Kier molecular flexibility index (Phi) is 4.32. The van der Waals surface area contributed by atoms with Crippen LogP contribution in [0, 0.1) is 3.95 Å². The molecule has 1 aromatic carbocycles. The quantitative estimate of drug-likeness (QED) is 0.647. The van der Waals surface area contributed by atoms with Crippen LogP contribution in [0.5, 0.6) is 0 Å². The summed E-state index contributed by atoms with van der Waals surface area (Å²) in [5, 5.41) is 0. The molecule has 0 aliphatic carbocycles. The number of aromatic nitrogens is 1. The third-order valence-corrected chi connectivity index (χ3v) is 3.26. The van der Waals surface area contributed by atoms with Gasteiger partial charge in [-0.25, -0.2) is 0 Å². The number of aryl methyl sites for hydroxylation is 1. The van der Waals surface area contributed by atoms with Crippen molar-refractivity contribution in [2.75, 3.05) is 0 Å². The van der Waals surface area contributed by atoms with Gasteiger partial charge >= 0.3 is 0 Å². The van der Waals surface area contributed by atoms with Gasteiger partial charge in [0.15, 0.2) is 3.95 Å². The molecule has 0 saturated heterocycles. The second-order valence-electron chi connectivity index (χ2n) is 3.05. The van der Waals surface area contributed by atoms with E-state index in [9.17, 15) is 0 Å². The van der Waals surface area contributed by atoms with Crippen molar-refractivity contribution < 1.29 is 17.1 Å². The molecule has 4 heteroatoms. The van der Waals surface area contributed by atoms with Gasteiger partial charge in [0.2, 0.25) is 0 Å². The van der Waals surface area contributed by atoms with Gasteiger partial charge in [0.25, 0.3) is 0 Å². The summed E-state index contributed by atoms with van der Waals surface area (Å²) in [5.74, 6) is 0. The van der Waals surface area contributed by atoms with Gasteiger partial charge in [-0.3, -0.25) is 0 Å². The van der Waals surface area contributed by atoms with Crippen LogP contribution in [-0.2, 0) is 23.5 Å². The van der Waals surface area contributed by atoms with Crippen LogP contribution in [-0.4, -0.2) is 4.98 Å². The Hall–Kier alpha value is -0.151. The van der Waals surface area contributed by atoms with E-state index >= 15 is 0 Å². The van der Waals surface area contributed by atoms with Crippen molar-refractivity contribution in [3.8, 4) is 0 Å². The van der Waals surface area contributed by atoms with Crippen LogP contribution in [0.2, 0.25) is 0 Å². The zero-order valence-corrected chi connectivity index (χ0v) is 10.3. The number of H-pyrrole nitrogens is 1. The van der Waals surface area contributed by atoms with Gasteiger partial charge in [-0.05, 0) is 30.3 Å². The molecule has 14 heavy (non-hydrogen) atoms. The normalized spacial score (nSPS) is 10.1. The first-order valence-electron chi connectivity index (χ1n) is 4.42. The first kappa shape index (κ1) is 11.9. The van der Waals surface area contributed by atoms with Gasteiger partial charge in [-0.15, -0.1) is 11.3 Å². The molecule has 0 bridgehead atoms. The zero-order chi connectivity index (χ0) is 9.26. The van der Waals surface area contributed by atoms with Crippen LogP contribution in [0.3, 0.4) is 0 Å². The van der Waals surface area contributed by atoms with Crippen LogP contribution in [0.4, 0.5) is 0 Å². The fraction of sp³-hybridized carbons (Fsp3) is 0.300. The fourth-order valence-corrected chi connectivity index (χ4v) is 2.66. The minimum absolute atomic E-state index is 0. The maximum atomic E-state index is 5.12. The topological polar surface area (TPSA) is 15.8 Å². The molecule has 1 nitrogen and oxygen atoms in total. The Morgan fingerprint density at radius 3 is 2.93 bits per heavy atom. The molecule has 1 aromatic heterocycles. The van der Waals surface area contributed by atoms with E-state index in [1.165, 1.54) is 22.2 Å². The first-order valence-corrected chi connectivity index (χ1v) is 5.64. The van der Waals surface area contributed by atoms with E-state index < -0.39 is 0 Å². The van der Waals surface area contributed by atoms with E-state index in [0.717, 1.165) is 10.4 Å². The summed E-state index contributed by atoms with van der Waals surface area (Å²) in [5.41, 5.74) is 2.62. The Morgan fingerprint density at radius 1 is 1.43 bits per heavy atom. The van der Waals surface area contributed by atoms with Crippen molar-refractivity contribution in [1.29, 1.82) is 0 Å². The minimum Gasteiger partial charge on any atom is -0.337 e. The van der Waals surface area contributed by atoms with Crippen LogP contribution in [0.15, 0.2) is 18.2 Å². The van der Waals surface area contributed by atoms with E-state index in [2.05, 4.69) is 30.1 Å². The van der Waals surface area contributed by atoms with Crippen molar-refractivity contribution in [2.45, 2.75) is 19.8 Å². The third kappa shape index (κ3) is 2.26. The number of hydrogen-bond acceptors (Lipinski definition) is 2. The van der Waals surface area contributed by atoms with Crippen molar-refractivity contribution in [2.24, 2.45) is 0 Å². The van der Waals surface area contributed by atoms with Gasteiger partial charge < -0.3 is 4.98 Å². The van der Waals surface area contributed by atoms with E-state index in [1.807, 2.05) is 0 Å². The van der Waals surface area contributed by atoms with Gasteiger partial charge in [-0.1, -0.05) is 25.5 Å². The number of thiazole rings is 1. The molecule has 2 rings (SSSR count). The molecule has 0 spiro atoms. The molecule has 0 aliphatic rings. The van der Waals surface area contributed by atoms with Crippen molar-refractivity contribution >= 4 is 33.8 Å². The van der Waals surface area contributed by atoms with Gasteiger partial charge in [0.05, 0.1) is 10.2 Å². The van der Waals surface area contributed by atoms with Gasteiger partial charge in [0, 0.05) is 17.1 Å². The predicted octanol–water partition coefficient (Wildman–Crippen LogP) is 3.91. The van der Waals surface area contributed by atoms with Gasteiger partial charge in [0.1, 0.15) is 0 Å². The molecule has 79 valence electrons. The molecular formula is C10H11CuNS2. The predicted molar refractivity (Wildman–Crippen MR) is 61.0 cm³/mol. The maximum Gasteiger partial charge on any atom is 0.159 e. The Morgan fingerprint density at radius 2 is 2.21 bits per heavy atom. The van der Waals surface area contributed by atoms with Crippen LogP contribution in [0.1, 0.15) is 18.9 Å². The molecular weight excluding hydrogens is 262 g/mol. The third-order valence-electron chi connectivity index (χ3n) is 2.06. The Bertz CT molecular complexity index is 472. The van der Waals surface area contributed by atoms with E-state index in [4.69, 9.17) is 12.2 Å². The number of fused-ring (bicyclic) bond motifs is 1. The number of rotatable bonds is 2. The smallest absolute Gasteiger partial charge is 0.159 e. The molecule has 0 unspecified atom stereocenters. The number of hydrogen-bond donors (Lipinski definition) is 1. The van der Waals surface area contributed by atoms with Gasteiger partial charge in [-0.2, -0.15) is 0 Å². The van der Waals surface area contributed by atoms with Crippen LogP contribution < -0.4 is 0 Å². The van der Waals surface area contributed by atoms with Crippen molar-refractivity contribution in [3.05, 3.63) is 27.7 Å². The van der Waals surface area contributed by atoms with E-state index in [-0.39, 0.29) is 17.1 Å². The monoisotopic (exact) mass is 272 g/mol. The average molecular weight is 273 g/mol. The van der Waals surface area contributed by atoms with Crippen molar-refractivity contribution in [3.63, 3.8) is 0 Å². The largest absolute Gasteiger partial charge is 0.337 e. The molecule has 1 heterocycles. The molecule has 0 atom stereocenters. The number of para-hydroxylation sites is 1. The SMILES string of the molecule is CCCc1cccc2sc(=S)[nH]c12.[Cu]. The first-order chi connectivity index (χ1) is 6.31. The molecule has 0 aliphatic heterocycles. The number of nitrogens with one attached hydrogen (secondary N) is 1. The summed E-state index contributed by atoms with van der Waals surface area (Å²) < 4.78 is 2.15. The molecule has 1 radical (unpaired) electrons. The Labute approximate surface area is 103 Å². The zero-order valence-electron chi connectivity index (χ0n) is 7.76. The summed E-state index contributed by atoms with van der Waals surface area (Å²) in [4.78, 5) is 3.25. The molecule has 0 fully saturated rings. The summed E-state index contributed by atoms with van der Waals surface area (Å²) in [6.07, 6.45) is 2.30. The maximum absolute atomic E-state index is 5.12. The minimum atomic E-state index is 0. The number of aromatic amines is 1. The molecule has 0 saturated carbocycles. The fourth-order valence-electron chi connectivity index (χ4n) is 1.51. The van der Waals surface area contributed by atoms with E-state index in [1.54, 1.807) is 11.3 Å². The summed E-state index contributed by atoms with van der Waals surface area (Å²) >= 11 is 6.77. The number of benzene rings is 1. The van der Waals surface area contributed by atoms with Crippen molar-refractivity contribution in [1.82, 2.24) is 4.98 Å². The van der Waals surface area contributed by atoms with E-state index in [0.29, 0.717) is 0 Å². The second-order valence-corrected chi connectivity index (χ2v) is 4.77. The molecule has 0 amide bonds. The standard InChI is InChI=1S/C10H11NS2.Cu/c1-2-4-7-5-3-6-8-9(7)11-10(12)13-8;/h3,5-6H,2,4H2,1H3,(H,11,12);. The van der Waals surface area contributed by atoms with Crippen LogP contribution in [0.25, 0.3) is 10.2 Å². The summed E-state index contributed by atoms with van der Waals surface area (Å²) in [7, 11) is 0. The van der Waals surface area contributed by atoms with Crippen LogP contribution >= 0.6 is 23.6 Å². The molecule has 1 N–H and O–H groups in total. The summed E-state index contributed by atoms with van der Waals surface area (Å²) in [6.45, 7) is 2.19.